The first-order chi connectivity index (χ1) is 17.3. The number of likely N-dealkylation sites (tertiary alicyclic amines) is 1. The number of aryl methyl sites for hydroxylation is 1. The van der Waals surface area contributed by atoms with E-state index in [0.717, 1.165) is 35.7 Å². The summed E-state index contributed by atoms with van der Waals surface area (Å²) in [5, 5.41) is 7.86. The number of amides is 1. The van der Waals surface area contributed by atoms with E-state index in [1.54, 1.807) is 22.9 Å². The van der Waals surface area contributed by atoms with E-state index in [0.29, 0.717) is 36.5 Å². The van der Waals surface area contributed by atoms with Crippen molar-refractivity contribution in [2.24, 2.45) is 5.92 Å². The van der Waals surface area contributed by atoms with E-state index < -0.39 is 11.7 Å². The van der Waals surface area contributed by atoms with Gasteiger partial charge in [0.1, 0.15) is 11.6 Å². The SMILES string of the molecule is Cc1cc(NC(=O)c2ccc(CN3CCCCC3)cc2F)nn1Cc1cc(Cl)ccc1OCC(C)C. The minimum Gasteiger partial charge on any atom is -0.493 e. The number of aromatic nitrogens is 2. The van der Waals surface area contributed by atoms with Gasteiger partial charge in [-0.15, -0.1) is 0 Å². The third-order valence-electron chi connectivity index (χ3n) is 6.27. The van der Waals surface area contributed by atoms with Gasteiger partial charge in [0.2, 0.25) is 0 Å². The van der Waals surface area contributed by atoms with Gasteiger partial charge in [-0.1, -0.05) is 37.9 Å². The predicted molar refractivity (Wildman–Crippen MR) is 141 cm³/mol. The molecule has 4 rings (SSSR count). The highest BCUT2D eigenvalue weighted by molar-refractivity contribution is 6.30. The summed E-state index contributed by atoms with van der Waals surface area (Å²) < 4.78 is 22.5. The standard InChI is InChI=1S/C28H34ClFN4O2/c1-19(2)18-36-26-10-8-23(29)15-22(26)17-34-20(3)13-27(32-34)31-28(35)24-9-7-21(14-25(24)30)16-33-11-5-4-6-12-33/h7-10,13-15,19H,4-6,11-12,16-18H2,1-3H3,(H,31,32,35). The molecule has 36 heavy (non-hydrogen) atoms. The lowest BCUT2D eigenvalue weighted by Gasteiger charge is -2.26. The van der Waals surface area contributed by atoms with Crippen molar-refractivity contribution in [3.8, 4) is 5.75 Å². The molecule has 0 atom stereocenters. The highest BCUT2D eigenvalue weighted by Gasteiger charge is 2.17. The van der Waals surface area contributed by atoms with Crippen LogP contribution in [0.2, 0.25) is 5.02 Å². The number of benzene rings is 2. The van der Waals surface area contributed by atoms with Crippen LogP contribution in [0.15, 0.2) is 42.5 Å². The molecular formula is C28H34ClFN4O2. The summed E-state index contributed by atoms with van der Waals surface area (Å²) in [7, 11) is 0. The molecule has 1 aromatic heterocycles. The van der Waals surface area contributed by atoms with Gasteiger partial charge in [-0.05, 0) is 74.7 Å². The van der Waals surface area contributed by atoms with Crippen molar-refractivity contribution in [1.82, 2.24) is 14.7 Å². The van der Waals surface area contributed by atoms with Crippen LogP contribution in [0.25, 0.3) is 0 Å². The average molecular weight is 513 g/mol. The maximum absolute atomic E-state index is 14.8. The fourth-order valence-corrected chi connectivity index (χ4v) is 4.56. The van der Waals surface area contributed by atoms with E-state index in [9.17, 15) is 9.18 Å². The molecule has 1 N–H and O–H groups in total. The molecule has 6 nitrogen and oxygen atoms in total. The zero-order valence-corrected chi connectivity index (χ0v) is 21.9. The summed E-state index contributed by atoms with van der Waals surface area (Å²) in [5.74, 6) is 0.455. The molecule has 3 aromatic rings. The van der Waals surface area contributed by atoms with Gasteiger partial charge in [-0.2, -0.15) is 5.10 Å². The lowest BCUT2D eigenvalue weighted by atomic mass is 10.1. The van der Waals surface area contributed by atoms with Crippen LogP contribution < -0.4 is 10.1 Å². The number of carbonyl (C=O) groups excluding carboxylic acids is 1. The highest BCUT2D eigenvalue weighted by Crippen LogP contribution is 2.25. The summed E-state index contributed by atoms with van der Waals surface area (Å²) in [6, 6.07) is 12.1. The molecule has 1 amide bonds. The van der Waals surface area contributed by atoms with Gasteiger partial charge in [-0.3, -0.25) is 14.4 Å². The van der Waals surface area contributed by atoms with Gasteiger partial charge in [-0.25, -0.2) is 4.39 Å². The molecule has 0 bridgehead atoms. The van der Waals surface area contributed by atoms with E-state index in [-0.39, 0.29) is 5.56 Å². The van der Waals surface area contributed by atoms with Gasteiger partial charge < -0.3 is 10.1 Å². The van der Waals surface area contributed by atoms with E-state index >= 15 is 0 Å². The fraction of sp³-hybridized carbons (Fsp3) is 0.429. The van der Waals surface area contributed by atoms with Crippen LogP contribution in [0.4, 0.5) is 10.2 Å². The summed E-state index contributed by atoms with van der Waals surface area (Å²) >= 11 is 6.23. The van der Waals surface area contributed by atoms with E-state index in [1.165, 1.54) is 25.3 Å². The number of hydrogen-bond acceptors (Lipinski definition) is 4. The van der Waals surface area contributed by atoms with Gasteiger partial charge in [0.25, 0.3) is 5.91 Å². The second kappa shape index (κ2) is 11.9. The summed E-state index contributed by atoms with van der Waals surface area (Å²) in [5.41, 5.74) is 2.62. The van der Waals surface area contributed by atoms with Crippen LogP contribution in [0, 0.1) is 18.7 Å². The van der Waals surface area contributed by atoms with Crippen LogP contribution in [0.1, 0.15) is 60.3 Å². The first-order valence-electron chi connectivity index (χ1n) is 12.6. The van der Waals surface area contributed by atoms with Gasteiger partial charge in [0.05, 0.1) is 18.7 Å². The Bertz CT molecular complexity index is 1200. The second-order valence-corrected chi connectivity index (χ2v) is 10.3. The smallest absolute Gasteiger partial charge is 0.259 e. The molecule has 1 aliphatic heterocycles. The molecule has 192 valence electrons. The molecule has 0 saturated carbocycles. The molecular weight excluding hydrogens is 479 g/mol. The molecule has 1 fully saturated rings. The van der Waals surface area contributed by atoms with E-state index in [1.807, 2.05) is 25.1 Å². The number of ether oxygens (including phenoxy) is 1. The monoisotopic (exact) mass is 512 g/mol. The lowest BCUT2D eigenvalue weighted by molar-refractivity contribution is 0.102. The van der Waals surface area contributed by atoms with Crippen molar-refractivity contribution in [3.05, 3.63) is 75.7 Å². The Labute approximate surface area is 217 Å². The average Bonchev–Trinajstić information content (AvgIpc) is 3.17. The number of piperidine rings is 1. The highest BCUT2D eigenvalue weighted by atomic mass is 35.5. The van der Waals surface area contributed by atoms with Crippen LogP contribution in [-0.2, 0) is 13.1 Å². The Balaban J connectivity index is 1.43. The van der Waals surface area contributed by atoms with Gasteiger partial charge in [0, 0.05) is 28.9 Å². The van der Waals surface area contributed by atoms with Gasteiger partial charge >= 0.3 is 0 Å². The van der Waals surface area contributed by atoms with Crippen molar-refractivity contribution in [2.75, 3.05) is 25.0 Å². The number of anilines is 1. The van der Waals surface area contributed by atoms with Crippen molar-refractivity contribution >= 4 is 23.3 Å². The maximum atomic E-state index is 14.8. The number of carbonyl (C=O) groups is 1. The van der Waals surface area contributed by atoms with Crippen LogP contribution >= 0.6 is 11.6 Å². The normalized spacial score (nSPS) is 14.3. The van der Waals surface area contributed by atoms with E-state index in [2.05, 4.69) is 29.2 Å². The third kappa shape index (κ3) is 6.86. The number of nitrogens with zero attached hydrogens (tertiary/aromatic N) is 3. The summed E-state index contributed by atoms with van der Waals surface area (Å²) in [6.07, 6.45) is 3.61. The van der Waals surface area contributed by atoms with Crippen molar-refractivity contribution in [1.29, 1.82) is 0 Å². The van der Waals surface area contributed by atoms with Crippen molar-refractivity contribution in [2.45, 2.75) is 53.1 Å². The molecule has 2 heterocycles. The zero-order chi connectivity index (χ0) is 25.7. The fourth-order valence-electron chi connectivity index (χ4n) is 4.36. The van der Waals surface area contributed by atoms with Crippen molar-refractivity contribution < 1.29 is 13.9 Å². The second-order valence-electron chi connectivity index (χ2n) is 9.89. The molecule has 0 aliphatic carbocycles. The molecule has 0 radical (unpaired) electrons. The topological polar surface area (TPSA) is 59.4 Å². The van der Waals surface area contributed by atoms with Crippen molar-refractivity contribution in [3.63, 3.8) is 0 Å². The zero-order valence-electron chi connectivity index (χ0n) is 21.2. The molecule has 8 heteroatoms. The minimum absolute atomic E-state index is 0.00353. The molecule has 2 aromatic carbocycles. The largest absolute Gasteiger partial charge is 0.493 e. The predicted octanol–water partition coefficient (Wildman–Crippen LogP) is 6.31. The van der Waals surface area contributed by atoms with Crippen LogP contribution in [0.5, 0.6) is 5.75 Å². The van der Waals surface area contributed by atoms with Gasteiger partial charge in [0.15, 0.2) is 5.82 Å². The Morgan fingerprint density at radius 2 is 1.89 bits per heavy atom. The van der Waals surface area contributed by atoms with Crippen LogP contribution in [-0.4, -0.2) is 40.3 Å². The lowest BCUT2D eigenvalue weighted by Crippen LogP contribution is -2.29. The summed E-state index contributed by atoms with van der Waals surface area (Å²) in [4.78, 5) is 15.1. The molecule has 0 spiro atoms. The maximum Gasteiger partial charge on any atom is 0.259 e. The summed E-state index contributed by atoms with van der Waals surface area (Å²) in [6.45, 7) is 9.87. The van der Waals surface area contributed by atoms with E-state index in [4.69, 9.17) is 16.3 Å². The quantitative estimate of drug-likeness (QED) is 0.365. The number of nitrogens with one attached hydrogen (secondary N) is 1. The Morgan fingerprint density at radius 3 is 2.61 bits per heavy atom. The Hall–Kier alpha value is -2.90. The number of hydrogen-bond donors (Lipinski definition) is 1. The first-order valence-corrected chi connectivity index (χ1v) is 12.9. The number of rotatable bonds is 9. The number of halogens is 2. The third-order valence-corrected chi connectivity index (χ3v) is 6.51. The Kier molecular flexibility index (Phi) is 8.64. The molecule has 0 unspecified atom stereocenters. The molecule has 1 saturated heterocycles. The minimum atomic E-state index is -0.524. The Morgan fingerprint density at radius 1 is 1.11 bits per heavy atom. The van der Waals surface area contributed by atoms with Crippen LogP contribution in [0.3, 0.4) is 0 Å². The first kappa shape index (κ1) is 26.2. The molecule has 1 aliphatic rings.